The van der Waals surface area contributed by atoms with Gasteiger partial charge in [0.2, 0.25) is 11.9 Å². The van der Waals surface area contributed by atoms with E-state index >= 15 is 0 Å². The summed E-state index contributed by atoms with van der Waals surface area (Å²) in [6.07, 6.45) is -4.57. The van der Waals surface area contributed by atoms with Gasteiger partial charge >= 0.3 is 6.18 Å². The Labute approximate surface area is 107 Å². The standard InChI is InChI=1S/C10H14F3N5O/c1-3-15-8(19)5-16-7-4-6(10(11,12)13)17-9(14-2)18-7/h4H,3,5H2,1-2H3,(H,15,19)(H2,14,16,17,18). The molecule has 19 heavy (non-hydrogen) atoms. The first-order valence-electron chi connectivity index (χ1n) is 5.51. The zero-order valence-corrected chi connectivity index (χ0v) is 10.4. The number of hydrogen-bond donors (Lipinski definition) is 3. The van der Waals surface area contributed by atoms with E-state index in [1.807, 2.05) is 0 Å². The molecule has 0 aromatic carbocycles. The number of alkyl halides is 3. The number of hydrogen-bond acceptors (Lipinski definition) is 5. The van der Waals surface area contributed by atoms with Crippen LogP contribution in [0.15, 0.2) is 6.07 Å². The van der Waals surface area contributed by atoms with Gasteiger partial charge in [0.05, 0.1) is 6.54 Å². The van der Waals surface area contributed by atoms with E-state index in [1.54, 1.807) is 6.92 Å². The van der Waals surface area contributed by atoms with Crippen molar-refractivity contribution in [2.45, 2.75) is 13.1 Å². The molecule has 0 aliphatic rings. The zero-order chi connectivity index (χ0) is 14.5. The van der Waals surface area contributed by atoms with Crippen molar-refractivity contribution in [1.82, 2.24) is 15.3 Å². The molecule has 9 heteroatoms. The minimum Gasteiger partial charge on any atom is -0.361 e. The molecule has 0 aliphatic heterocycles. The average molecular weight is 277 g/mol. The summed E-state index contributed by atoms with van der Waals surface area (Å²) < 4.78 is 37.7. The van der Waals surface area contributed by atoms with Crippen molar-refractivity contribution in [2.24, 2.45) is 0 Å². The molecule has 0 radical (unpaired) electrons. The van der Waals surface area contributed by atoms with Crippen molar-refractivity contribution in [3.8, 4) is 0 Å². The van der Waals surface area contributed by atoms with Crippen LogP contribution in [0.4, 0.5) is 24.9 Å². The quantitative estimate of drug-likeness (QED) is 0.750. The maximum Gasteiger partial charge on any atom is 0.433 e. The molecule has 1 amide bonds. The van der Waals surface area contributed by atoms with Crippen LogP contribution in [0, 0.1) is 0 Å². The fraction of sp³-hybridized carbons (Fsp3) is 0.500. The lowest BCUT2D eigenvalue weighted by Crippen LogP contribution is -2.29. The van der Waals surface area contributed by atoms with Crippen LogP contribution in [0.2, 0.25) is 0 Å². The number of carbonyl (C=O) groups excluding carboxylic acids is 1. The third kappa shape index (κ3) is 4.60. The average Bonchev–Trinajstić information content (AvgIpc) is 2.35. The second-order valence-electron chi connectivity index (χ2n) is 3.52. The Kier molecular flexibility index (Phi) is 4.90. The maximum atomic E-state index is 12.6. The van der Waals surface area contributed by atoms with Crippen LogP contribution < -0.4 is 16.0 Å². The number of likely N-dealkylation sites (N-methyl/N-ethyl adjacent to an activating group) is 1. The highest BCUT2D eigenvalue weighted by Crippen LogP contribution is 2.29. The molecule has 0 atom stereocenters. The van der Waals surface area contributed by atoms with Crippen LogP contribution >= 0.6 is 0 Å². The summed E-state index contributed by atoms with van der Waals surface area (Å²) in [4.78, 5) is 18.3. The normalized spacial score (nSPS) is 11.0. The highest BCUT2D eigenvalue weighted by molar-refractivity contribution is 5.80. The lowest BCUT2D eigenvalue weighted by molar-refractivity contribution is -0.141. The first-order valence-corrected chi connectivity index (χ1v) is 5.51. The molecule has 3 N–H and O–H groups in total. The predicted molar refractivity (Wildman–Crippen MR) is 63.8 cm³/mol. The van der Waals surface area contributed by atoms with Gasteiger partial charge in [0.25, 0.3) is 0 Å². The fourth-order valence-corrected chi connectivity index (χ4v) is 1.23. The van der Waals surface area contributed by atoms with Crippen molar-refractivity contribution in [2.75, 3.05) is 30.8 Å². The van der Waals surface area contributed by atoms with E-state index in [1.165, 1.54) is 7.05 Å². The van der Waals surface area contributed by atoms with E-state index in [0.717, 1.165) is 6.07 Å². The minimum absolute atomic E-state index is 0.0714. The van der Waals surface area contributed by atoms with Crippen molar-refractivity contribution in [3.63, 3.8) is 0 Å². The van der Waals surface area contributed by atoms with Crippen molar-refractivity contribution < 1.29 is 18.0 Å². The van der Waals surface area contributed by atoms with E-state index in [2.05, 4.69) is 25.9 Å². The molecule has 1 rings (SSSR count). The summed E-state index contributed by atoms with van der Waals surface area (Å²) in [5.41, 5.74) is -1.08. The van der Waals surface area contributed by atoms with Gasteiger partial charge in [-0.1, -0.05) is 0 Å². The monoisotopic (exact) mass is 277 g/mol. The highest BCUT2D eigenvalue weighted by atomic mass is 19.4. The van der Waals surface area contributed by atoms with Crippen LogP contribution in [0.25, 0.3) is 0 Å². The van der Waals surface area contributed by atoms with Gasteiger partial charge in [0.1, 0.15) is 5.82 Å². The van der Waals surface area contributed by atoms with E-state index in [0.29, 0.717) is 6.54 Å². The molecule has 1 heterocycles. The fourth-order valence-electron chi connectivity index (χ4n) is 1.23. The number of nitrogens with one attached hydrogen (secondary N) is 3. The van der Waals surface area contributed by atoms with Gasteiger partial charge in [0.15, 0.2) is 5.69 Å². The van der Waals surface area contributed by atoms with E-state index in [4.69, 9.17) is 0 Å². The minimum atomic E-state index is -4.57. The third-order valence-corrected chi connectivity index (χ3v) is 2.04. The van der Waals surface area contributed by atoms with Gasteiger partial charge < -0.3 is 16.0 Å². The molecule has 0 fully saturated rings. The number of amides is 1. The number of nitrogens with zero attached hydrogens (tertiary/aromatic N) is 2. The Morgan fingerprint density at radius 3 is 2.58 bits per heavy atom. The van der Waals surface area contributed by atoms with E-state index < -0.39 is 11.9 Å². The summed E-state index contributed by atoms with van der Waals surface area (Å²) in [6.45, 7) is 2.02. The Bertz CT molecular complexity index is 449. The smallest absolute Gasteiger partial charge is 0.361 e. The molecule has 0 spiro atoms. The lowest BCUT2D eigenvalue weighted by Gasteiger charge is -2.11. The first-order chi connectivity index (χ1) is 8.86. The molecule has 1 aromatic rings. The Balaban J connectivity index is 2.86. The van der Waals surface area contributed by atoms with Gasteiger partial charge in [-0.2, -0.15) is 18.2 Å². The molecule has 1 aromatic heterocycles. The largest absolute Gasteiger partial charge is 0.433 e. The molecule has 0 saturated carbocycles. The maximum absolute atomic E-state index is 12.6. The highest BCUT2D eigenvalue weighted by Gasteiger charge is 2.33. The zero-order valence-electron chi connectivity index (χ0n) is 10.4. The summed E-state index contributed by atoms with van der Waals surface area (Å²) in [5, 5.41) is 7.45. The molecule has 0 saturated heterocycles. The Morgan fingerprint density at radius 2 is 2.05 bits per heavy atom. The Hall–Kier alpha value is -2.06. The third-order valence-electron chi connectivity index (χ3n) is 2.04. The second kappa shape index (κ2) is 6.21. The van der Waals surface area contributed by atoms with Crippen LogP contribution in [0.5, 0.6) is 0 Å². The van der Waals surface area contributed by atoms with Gasteiger partial charge in [-0.3, -0.25) is 4.79 Å². The number of anilines is 2. The van der Waals surface area contributed by atoms with Gasteiger partial charge in [-0.25, -0.2) is 4.98 Å². The van der Waals surface area contributed by atoms with Gasteiger partial charge in [0, 0.05) is 19.7 Å². The number of aromatic nitrogens is 2. The first kappa shape index (κ1) is 15.0. The molecular formula is C10H14F3N5O. The van der Waals surface area contributed by atoms with Gasteiger partial charge in [-0.15, -0.1) is 0 Å². The molecule has 0 aliphatic carbocycles. The Morgan fingerprint density at radius 1 is 1.37 bits per heavy atom. The van der Waals surface area contributed by atoms with Crippen LogP contribution in [-0.2, 0) is 11.0 Å². The summed E-state index contributed by atoms with van der Waals surface area (Å²) in [5.74, 6) is -0.577. The number of carbonyl (C=O) groups is 1. The van der Waals surface area contributed by atoms with Crippen molar-refractivity contribution >= 4 is 17.7 Å². The molecule has 0 bridgehead atoms. The molecule has 6 nitrogen and oxygen atoms in total. The van der Waals surface area contributed by atoms with Gasteiger partial charge in [-0.05, 0) is 6.92 Å². The summed E-state index contributed by atoms with van der Waals surface area (Å²) in [7, 11) is 1.41. The van der Waals surface area contributed by atoms with E-state index in [9.17, 15) is 18.0 Å². The van der Waals surface area contributed by atoms with Crippen LogP contribution in [-0.4, -0.2) is 36.0 Å². The molecule has 0 unspecified atom stereocenters. The lowest BCUT2D eigenvalue weighted by atomic mass is 10.3. The van der Waals surface area contributed by atoms with Crippen LogP contribution in [0.1, 0.15) is 12.6 Å². The van der Waals surface area contributed by atoms with Crippen LogP contribution in [0.3, 0.4) is 0 Å². The number of halogens is 3. The number of rotatable bonds is 5. The summed E-state index contributed by atoms with van der Waals surface area (Å²) >= 11 is 0. The molecule has 106 valence electrons. The summed E-state index contributed by atoms with van der Waals surface area (Å²) in [6, 6.07) is 0.750. The van der Waals surface area contributed by atoms with E-state index in [-0.39, 0.29) is 24.2 Å². The second-order valence-corrected chi connectivity index (χ2v) is 3.52. The predicted octanol–water partition coefficient (Wildman–Crippen LogP) is 1.09. The topological polar surface area (TPSA) is 78.9 Å². The SMILES string of the molecule is CCNC(=O)CNc1cc(C(F)(F)F)nc(NC)n1. The van der Waals surface area contributed by atoms with Crippen molar-refractivity contribution in [3.05, 3.63) is 11.8 Å². The molecular weight excluding hydrogens is 263 g/mol. The van der Waals surface area contributed by atoms with Crippen molar-refractivity contribution in [1.29, 1.82) is 0 Å².